The molecule has 4 nitrogen and oxygen atoms in total. The third kappa shape index (κ3) is 4.84. The highest BCUT2D eigenvalue weighted by Crippen LogP contribution is 2.47. The van der Waals surface area contributed by atoms with Crippen molar-refractivity contribution in [2.75, 3.05) is 0 Å². The fourth-order valence-electron chi connectivity index (χ4n) is 8.87. The molecule has 4 aromatic heterocycles. The summed E-state index contributed by atoms with van der Waals surface area (Å²) < 4.78 is 15.7. The van der Waals surface area contributed by atoms with E-state index in [2.05, 4.69) is 174 Å². The Morgan fingerprint density at radius 3 is 1.61 bits per heavy atom. The first-order chi connectivity index (χ1) is 28.3. The quantitative estimate of drug-likeness (QED) is 0.177. The maximum absolute atomic E-state index is 6.73. The molecule has 0 spiro atoms. The Morgan fingerprint density at radius 1 is 0.368 bits per heavy atom. The zero-order chi connectivity index (χ0) is 37.5. The van der Waals surface area contributed by atoms with E-state index in [-0.39, 0.29) is 0 Å². The van der Waals surface area contributed by atoms with Crippen LogP contribution in [0.4, 0.5) is 0 Å². The summed E-state index contributed by atoms with van der Waals surface area (Å²) in [6.45, 7) is 0. The van der Waals surface area contributed by atoms with Gasteiger partial charge in [0, 0.05) is 49.2 Å². The van der Waals surface area contributed by atoms with Crippen molar-refractivity contribution in [3.05, 3.63) is 194 Å². The molecule has 8 aromatic carbocycles. The molecule has 0 aliphatic rings. The summed E-state index contributed by atoms with van der Waals surface area (Å²) in [6, 6.07) is 68.5. The highest BCUT2D eigenvalue weighted by Gasteiger charge is 2.25. The van der Waals surface area contributed by atoms with Gasteiger partial charge in [0.25, 0.3) is 0 Å². The number of hydrogen-bond acceptors (Lipinski definition) is 3. The lowest BCUT2D eigenvalue weighted by Gasteiger charge is -2.21. The van der Waals surface area contributed by atoms with Gasteiger partial charge >= 0.3 is 0 Å². The van der Waals surface area contributed by atoms with Gasteiger partial charge in [-0.3, -0.25) is 0 Å². The minimum Gasteiger partial charge on any atom is -0.456 e. The first-order valence-corrected chi connectivity index (χ1v) is 19.3. The second-order valence-corrected chi connectivity index (χ2v) is 14.6. The Balaban J connectivity index is 1.25. The van der Waals surface area contributed by atoms with Gasteiger partial charge in [-0.2, -0.15) is 0 Å². The Labute approximate surface area is 327 Å². The average Bonchev–Trinajstić information content (AvgIpc) is 3.96. The van der Waals surface area contributed by atoms with E-state index < -0.39 is 0 Å². The van der Waals surface area contributed by atoms with Crippen molar-refractivity contribution >= 4 is 65.8 Å². The van der Waals surface area contributed by atoms with Crippen molar-refractivity contribution in [2.24, 2.45) is 0 Å². The third-order valence-electron chi connectivity index (χ3n) is 11.4. The minimum atomic E-state index is 0.771. The van der Waals surface area contributed by atoms with Gasteiger partial charge in [-0.1, -0.05) is 140 Å². The van der Waals surface area contributed by atoms with Crippen LogP contribution in [0.1, 0.15) is 0 Å². The second-order valence-electron chi connectivity index (χ2n) is 14.6. The number of aromatic nitrogens is 2. The number of benzene rings is 8. The van der Waals surface area contributed by atoms with E-state index in [1.807, 2.05) is 24.3 Å². The molecular weight excluding hydrogens is 697 g/mol. The minimum absolute atomic E-state index is 0.771. The van der Waals surface area contributed by atoms with Gasteiger partial charge in [0.1, 0.15) is 22.3 Å². The number of para-hydroxylation sites is 3. The van der Waals surface area contributed by atoms with Crippen molar-refractivity contribution in [3.8, 4) is 50.3 Å². The van der Waals surface area contributed by atoms with Gasteiger partial charge in [-0.25, -0.2) is 4.98 Å². The molecular formula is C53H32N2O2. The molecule has 0 N–H and O–H groups in total. The summed E-state index contributed by atoms with van der Waals surface area (Å²) in [6.07, 6.45) is 0. The Hall–Kier alpha value is -7.69. The Kier molecular flexibility index (Phi) is 6.89. The third-order valence-corrected chi connectivity index (χ3v) is 11.4. The van der Waals surface area contributed by atoms with Crippen LogP contribution in [-0.2, 0) is 0 Å². The van der Waals surface area contributed by atoms with Crippen LogP contribution in [0.15, 0.2) is 203 Å². The highest BCUT2D eigenvalue weighted by atomic mass is 16.3. The van der Waals surface area contributed by atoms with Crippen LogP contribution in [0, 0.1) is 0 Å². The fourth-order valence-corrected chi connectivity index (χ4v) is 8.87. The average molecular weight is 729 g/mol. The maximum atomic E-state index is 6.73. The molecule has 0 atom stereocenters. The second kappa shape index (κ2) is 12.4. The van der Waals surface area contributed by atoms with E-state index in [1.54, 1.807) is 0 Å². The highest BCUT2D eigenvalue weighted by molar-refractivity contribution is 6.27. The monoisotopic (exact) mass is 728 g/mol. The van der Waals surface area contributed by atoms with Gasteiger partial charge in [0.15, 0.2) is 5.58 Å². The molecule has 0 saturated carbocycles. The van der Waals surface area contributed by atoms with Gasteiger partial charge < -0.3 is 13.4 Å². The number of furan rings is 2. The lowest BCUT2D eigenvalue weighted by atomic mass is 9.90. The summed E-state index contributed by atoms with van der Waals surface area (Å²) in [5, 5.41) is 5.61. The predicted molar refractivity (Wildman–Crippen MR) is 235 cm³/mol. The van der Waals surface area contributed by atoms with Gasteiger partial charge in [-0.15, -0.1) is 0 Å². The standard InChI is InChI=1S/C53H32N2O2/c1-4-16-33(17-5-1)40-30-36(42-32-43(35-20-8-3-9-21-35)54-51-39-24-12-15-27-47(39)57-53(42)51)31-41(34-18-6-2-7-19-34)52(40)55-44-25-13-10-22-37(44)49-45(55)28-29-48-50(49)38-23-11-14-26-46(38)56-48/h1-32H. The molecule has 0 saturated heterocycles. The van der Waals surface area contributed by atoms with E-state index in [0.29, 0.717) is 0 Å². The van der Waals surface area contributed by atoms with Crippen molar-refractivity contribution < 1.29 is 8.83 Å². The summed E-state index contributed by atoms with van der Waals surface area (Å²) in [4.78, 5) is 5.24. The van der Waals surface area contributed by atoms with Crippen molar-refractivity contribution in [1.29, 1.82) is 0 Å². The first-order valence-electron chi connectivity index (χ1n) is 19.3. The molecule has 4 heterocycles. The summed E-state index contributed by atoms with van der Waals surface area (Å²) in [5.74, 6) is 0. The lowest BCUT2D eigenvalue weighted by Crippen LogP contribution is -2.02. The van der Waals surface area contributed by atoms with Crippen LogP contribution in [0.5, 0.6) is 0 Å². The number of fused-ring (bicyclic) bond motifs is 10. The molecule has 0 bridgehead atoms. The molecule has 0 amide bonds. The van der Waals surface area contributed by atoms with E-state index in [1.165, 1.54) is 10.8 Å². The Morgan fingerprint density at radius 2 is 0.930 bits per heavy atom. The van der Waals surface area contributed by atoms with E-state index in [4.69, 9.17) is 13.8 Å². The summed E-state index contributed by atoms with van der Waals surface area (Å²) >= 11 is 0. The molecule has 0 aliphatic heterocycles. The molecule has 0 unspecified atom stereocenters. The van der Waals surface area contributed by atoms with Crippen LogP contribution >= 0.6 is 0 Å². The maximum Gasteiger partial charge on any atom is 0.161 e. The number of rotatable bonds is 5. The van der Waals surface area contributed by atoms with Crippen molar-refractivity contribution in [2.45, 2.75) is 0 Å². The molecule has 4 heteroatoms. The van der Waals surface area contributed by atoms with Gasteiger partial charge in [-0.05, 0) is 71.3 Å². The molecule has 0 fully saturated rings. The van der Waals surface area contributed by atoms with Crippen LogP contribution in [0.25, 0.3) is 116 Å². The Bertz CT molecular complexity index is 3440. The van der Waals surface area contributed by atoms with Crippen molar-refractivity contribution in [1.82, 2.24) is 9.55 Å². The zero-order valence-electron chi connectivity index (χ0n) is 30.7. The molecule has 266 valence electrons. The van der Waals surface area contributed by atoms with E-state index in [0.717, 1.165) is 105 Å². The number of pyridine rings is 1. The van der Waals surface area contributed by atoms with E-state index in [9.17, 15) is 0 Å². The van der Waals surface area contributed by atoms with Gasteiger partial charge in [0.05, 0.1) is 22.4 Å². The SMILES string of the molecule is c1ccc(-c2cc(-c3cc(-c4ccccc4)c(-n4c5ccccc5c5c6c(ccc54)oc4ccccc46)c(-c4ccccc4)c3)c3oc4ccccc4c3n2)cc1. The first kappa shape index (κ1) is 31.6. The molecule has 12 aromatic rings. The molecule has 0 radical (unpaired) electrons. The van der Waals surface area contributed by atoms with Crippen LogP contribution < -0.4 is 0 Å². The van der Waals surface area contributed by atoms with Crippen LogP contribution in [0.2, 0.25) is 0 Å². The van der Waals surface area contributed by atoms with Crippen LogP contribution in [0.3, 0.4) is 0 Å². The van der Waals surface area contributed by atoms with Crippen molar-refractivity contribution in [3.63, 3.8) is 0 Å². The normalized spacial score (nSPS) is 11.9. The molecule has 57 heavy (non-hydrogen) atoms. The van der Waals surface area contributed by atoms with Gasteiger partial charge in [0.2, 0.25) is 0 Å². The predicted octanol–water partition coefficient (Wildman–Crippen LogP) is 14.6. The zero-order valence-corrected chi connectivity index (χ0v) is 30.7. The lowest BCUT2D eigenvalue weighted by molar-refractivity contribution is 0.669. The number of hydrogen-bond donors (Lipinski definition) is 0. The smallest absolute Gasteiger partial charge is 0.161 e. The summed E-state index contributed by atoms with van der Waals surface area (Å²) in [7, 11) is 0. The topological polar surface area (TPSA) is 44.1 Å². The number of nitrogens with zero attached hydrogens (tertiary/aromatic N) is 2. The largest absolute Gasteiger partial charge is 0.456 e. The molecule has 12 rings (SSSR count). The fraction of sp³-hybridized carbons (Fsp3) is 0. The summed E-state index contributed by atoms with van der Waals surface area (Å²) in [5.41, 5.74) is 16.0. The van der Waals surface area contributed by atoms with Crippen LogP contribution in [-0.4, -0.2) is 9.55 Å². The van der Waals surface area contributed by atoms with E-state index >= 15 is 0 Å². The molecule has 0 aliphatic carbocycles.